The van der Waals surface area contributed by atoms with Crippen molar-refractivity contribution < 1.29 is 4.79 Å². The fourth-order valence-electron chi connectivity index (χ4n) is 4.47. The first kappa shape index (κ1) is 18.2. The minimum absolute atomic E-state index is 0.0845. The average molecular weight is 345 g/mol. The SMILES string of the molecule is Cc1cc(C)n(C)c(=O)c1C(=O)N1CCC2(CCCN(C)CC2)CC1. The number of rotatable bonds is 1. The summed E-state index contributed by atoms with van der Waals surface area (Å²) in [4.78, 5) is 29.9. The molecule has 0 radical (unpaired) electrons. The van der Waals surface area contributed by atoms with E-state index in [9.17, 15) is 9.59 Å². The third-order valence-corrected chi connectivity index (χ3v) is 6.46. The Morgan fingerprint density at radius 3 is 2.32 bits per heavy atom. The average Bonchev–Trinajstić information content (AvgIpc) is 2.75. The molecule has 3 heterocycles. The number of piperidine rings is 1. The van der Waals surface area contributed by atoms with Crippen molar-refractivity contribution in [1.29, 1.82) is 0 Å². The number of aromatic nitrogens is 1. The van der Waals surface area contributed by atoms with Crippen molar-refractivity contribution in [3.05, 3.63) is 33.2 Å². The van der Waals surface area contributed by atoms with Gasteiger partial charge in [-0.05, 0) is 83.1 Å². The molecule has 0 aliphatic carbocycles. The molecule has 5 nitrogen and oxygen atoms in total. The van der Waals surface area contributed by atoms with Crippen LogP contribution >= 0.6 is 0 Å². The lowest BCUT2D eigenvalue weighted by Gasteiger charge is -2.41. The Labute approximate surface area is 150 Å². The molecule has 0 aromatic carbocycles. The predicted molar refractivity (Wildman–Crippen MR) is 100 cm³/mol. The summed E-state index contributed by atoms with van der Waals surface area (Å²) in [7, 11) is 3.94. The van der Waals surface area contributed by atoms with Crippen LogP contribution in [0.4, 0.5) is 0 Å². The van der Waals surface area contributed by atoms with Crippen LogP contribution in [0.5, 0.6) is 0 Å². The molecule has 0 saturated carbocycles. The monoisotopic (exact) mass is 345 g/mol. The zero-order valence-electron chi connectivity index (χ0n) is 16.1. The van der Waals surface area contributed by atoms with E-state index >= 15 is 0 Å². The summed E-state index contributed by atoms with van der Waals surface area (Å²) in [5.74, 6) is -0.0845. The Bertz CT molecular complexity index is 714. The number of amides is 1. The van der Waals surface area contributed by atoms with Gasteiger partial charge in [0.05, 0.1) is 0 Å². The molecule has 2 aliphatic heterocycles. The third kappa shape index (κ3) is 3.52. The molecule has 0 unspecified atom stereocenters. The highest BCUT2D eigenvalue weighted by molar-refractivity contribution is 5.95. The van der Waals surface area contributed by atoms with Crippen molar-refractivity contribution in [2.24, 2.45) is 12.5 Å². The van der Waals surface area contributed by atoms with Crippen molar-refractivity contribution in [3.8, 4) is 0 Å². The Kier molecular flexibility index (Phi) is 5.05. The summed E-state index contributed by atoms with van der Waals surface area (Å²) >= 11 is 0. The van der Waals surface area contributed by atoms with Gasteiger partial charge in [-0.15, -0.1) is 0 Å². The summed E-state index contributed by atoms with van der Waals surface area (Å²) in [6.07, 6.45) is 5.89. The van der Waals surface area contributed by atoms with Gasteiger partial charge in [0.1, 0.15) is 5.56 Å². The van der Waals surface area contributed by atoms with E-state index in [2.05, 4.69) is 11.9 Å². The first-order chi connectivity index (χ1) is 11.8. The summed E-state index contributed by atoms with van der Waals surface area (Å²) in [6, 6.07) is 1.93. The second-order valence-electron chi connectivity index (χ2n) is 8.16. The van der Waals surface area contributed by atoms with Gasteiger partial charge in [-0.3, -0.25) is 9.59 Å². The molecule has 2 saturated heterocycles. The van der Waals surface area contributed by atoms with Gasteiger partial charge in [-0.25, -0.2) is 0 Å². The molecular formula is C20H31N3O2. The zero-order chi connectivity index (χ0) is 18.2. The van der Waals surface area contributed by atoms with E-state index in [1.807, 2.05) is 24.8 Å². The number of hydrogen-bond donors (Lipinski definition) is 0. The van der Waals surface area contributed by atoms with Crippen LogP contribution in [0, 0.1) is 19.3 Å². The molecule has 2 aliphatic rings. The van der Waals surface area contributed by atoms with Crippen LogP contribution in [0.25, 0.3) is 0 Å². The van der Waals surface area contributed by atoms with Crippen LogP contribution in [0.1, 0.15) is 53.7 Å². The molecule has 2 fully saturated rings. The Hall–Kier alpha value is -1.62. The molecule has 1 spiro atoms. The van der Waals surface area contributed by atoms with Crippen molar-refractivity contribution in [3.63, 3.8) is 0 Å². The van der Waals surface area contributed by atoms with Crippen LogP contribution in [-0.4, -0.2) is 53.5 Å². The Morgan fingerprint density at radius 1 is 1.00 bits per heavy atom. The highest BCUT2D eigenvalue weighted by atomic mass is 16.2. The molecular weight excluding hydrogens is 314 g/mol. The number of aryl methyl sites for hydroxylation is 2. The maximum absolute atomic E-state index is 13.0. The van der Waals surface area contributed by atoms with E-state index in [0.29, 0.717) is 11.0 Å². The van der Waals surface area contributed by atoms with Crippen molar-refractivity contribution >= 4 is 5.91 Å². The minimum Gasteiger partial charge on any atom is -0.338 e. The quantitative estimate of drug-likeness (QED) is 0.785. The van der Waals surface area contributed by atoms with Gasteiger partial charge in [0.25, 0.3) is 11.5 Å². The molecule has 138 valence electrons. The van der Waals surface area contributed by atoms with Gasteiger partial charge >= 0.3 is 0 Å². The van der Waals surface area contributed by atoms with Gasteiger partial charge < -0.3 is 14.4 Å². The van der Waals surface area contributed by atoms with Crippen LogP contribution in [-0.2, 0) is 7.05 Å². The Balaban J connectivity index is 1.74. The number of carbonyl (C=O) groups excluding carboxylic acids is 1. The molecule has 0 atom stereocenters. The second kappa shape index (κ2) is 6.94. The van der Waals surface area contributed by atoms with Gasteiger partial charge in [0.2, 0.25) is 0 Å². The number of carbonyl (C=O) groups is 1. The van der Waals surface area contributed by atoms with E-state index in [4.69, 9.17) is 0 Å². The molecule has 5 heteroatoms. The first-order valence-electron chi connectivity index (χ1n) is 9.48. The molecule has 1 aromatic heterocycles. The predicted octanol–water partition coefficient (Wildman–Crippen LogP) is 2.34. The topological polar surface area (TPSA) is 45.6 Å². The normalized spacial score (nSPS) is 21.4. The number of likely N-dealkylation sites (tertiary alicyclic amines) is 2. The fourth-order valence-corrected chi connectivity index (χ4v) is 4.47. The number of hydrogen-bond acceptors (Lipinski definition) is 3. The molecule has 1 aromatic rings. The standard InChI is InChI=1S/C20H31N3O2/c1-15-14-16(2)22(4)18(24)17(15)19(25)23-12-8-20(9-13-23)6-5-10-21(3)11-7-20/h14H,5-13H2,1-4H3. The maximum atomic E-state index is 13.0. The minimum atomic E-state index is -0.168. The lowest BCUT2D eigenvalue weighted by atomic mass is 9.73. The summed E-state index contributed by atoms with van der Waals surface area (Å²) < 4.78 is 1.58. The molecule has 0 N–H and O–H groups in total. The van der Waals surface area contributed by atoms with E-state index in [-0.39, 0.29) is 11.5 Å². The lowest BCUT2D eigenvalue weighted by molar-refractivity contribution is 0.0540. The third-order valence-electron chi connectivity index (χ3n) is 6.46. The molecule has 1 amide bonds. The lowest BCUT2D eigenvalue weighted by Crippen LogP contribution is -2.45. The Morgan fingerprint density at radius 2 is 1.64 bits per heavy atom. The first-order valence-corrected chi connectivity index (χ1v) is 9.48. The zero-order valence-corrected chi connectivity index (χ0v) is 16.1. The van der Waals surface area contributed by atoms with Crippen LogP contribution < -0.4 is 5.56 Å². The van der Waals surface area contributed by atoms with E-state index in [0.717, 1.165) is 43.7 Å². The molecule has 3 rings (SSSR count). The van der Waals surface area contributed by atoms with Gasteiger partial charge in [-0.1, -0.05) is 0 Å². The van der Waals surface area contributed by atoms with Crippen LogP contribution in [0.2, 0.25) is 0 Å². The highest BCUT2D eigenvalue weighted by Crippen LogP contribution is 2.41. The molecule has 25 heavy (non-hydrogen) atoms. The van der Waals surface area contributed by atoms with Gasteiger partial charge in [0.15, 0.2) is 0 Å². The van der Waals surface area contributed by atoms with E-state index in [1.165, 1.54) is 25.8 Å². The molecule has 0 bridgehead atoms. The number of nitrogens with zero attached hydrogens (tertiary/aromatic N) is 3. The van der Waals surface area contributed by atoms with Crippen molar-refractivity contribution in [1.82, 2.24) is 14.4 Å². The highest BCUT2D eigenvalue weighted by Gasteiger charge is 2.37. The largest absolute Gasteiger partial charge is 0.338 e. The van der Waals surface area contributed by atoms with Gasteiger partial charge in [0, 0.05) is 25.8 Å². The smallest absolute Gasteiger partial charge is 0.263 e. The number of pyridine rings is 1. The van der Waals surface area contributed by atoms with Crippen LogP contribution in [0.15, 0.2) is 10.9 Å². The summed E-state index contributed by atoms with van der Waals surface area (Å²) in [5, 5.41) is 0. The summed E-state index contributed by atoms with van der Waals surface area (Å²) in [5.41, 5.74) is 2.26. The fraction of sp³-hybridized carbons (Fsp3) is 0.700. The van der Waals surface area contributed by atoms with E-state index in [1.54, 1.807) is 11.6 Å². The second-order valence-corrected chi connectivity index (χ2v) is 8.16. The summed E-state index contributed by atoms with van der Waals surface area (Å²) in [6.45, 7) is 7.66. The van der Waals surface area contributed by atoms with Crippen molar-refractivity contribution in [2.75, 3.05) is 33.2 Å². The van der Waals surface area contributed by atoms with Gasteiger partial charge in [-0.2, -0.15) is 0 Å². The van der Waals surface area contributed by atoms with Crippen molar-refractivity contribution in [2.45, 2.75) is 46.0 Å². The van der Waals surface area contributed by atoms with Crippen LogP contribution in [0.3, 0.4) is 0 Å². The van der Waals surface area contributed by atoms with E-state index < -0.39 is 0 Å². The maximum Gasteiger partial charge on any atom is 0.263 e.